The molecule has 1 N–H and O–H groups in total. The highest BCUT2D eigenvalue weighted by atomic mass is 79.9. The fourth-order valence-corrected chi connectivity index (χ4v) is 1.79. The molecule has 1 aromatic rings. The minimum Gasteiger partial charge on any atom is -0.464 e. The molecule has 4 heteroatoms. The summed E-state index contributed by atoms with van der Waals surface area (Å²) in [6, 6.07) is 5.82. The maximum atomic E-state index is 8.74. The van der Waals surface area contributed by atoms with E-state index < -0.39 is 0 Å². The molecule has 1 unspecified atom stereocenters. The predicted octanol–water partition coefficient (Wildman–Crippen LogP) is 2.07. The van der Waals surface area contributed by atoms with Crippen molar-refractivity contribution in [3.63, 3.8) is 0 Å². The molecule has 0 aliphatic carbocycles. The largest absolute Gasteiger partial charge is 0.464 e. The number of benzene rings is 1. The summed E-state index contributed by atoms with van der Waals surface area (Å²) in [5.74, 6) is 0.845. The van der Waals surface area contributed by atoms with E-state index in [9.17, 15) is 0 Å². The maximum absolute atomic E-state index is 8.74. The Labute approximate surface area is 90.8 Å². The lowest BCUT2D eigenvalue weighted by molar-refractivity contribution is -0.116. The van der Waals surface area contributed by atoms with Crippen molar-refractivity contribution in [3.05, 3.63) is 28.2 Å². The number of halogens is 1. The lowest BCUT2D eigenvalue weighted by atomic mass is 10.2. The van der Waals surface area contributed by atoms with Crippen LogP contribution in [0.1, 0.15) is 12.0 Å². The van der Waals surface area contributed by atoms with Gasteiger partial charge in [0.2, 0.25) is 6.29 Å². The first-order valence-electron chi connectivity index (χ1n) is 4.47. The van der Waals surface area contributed by atoms with Gasteiger partial charge in [0.1, 0.15) is 5.75 Å². The second-order valence-electron chi connectivity index (χ2n) is 3.12. The molecule has 0 spiro atoms. The van der Waals surface area contributed by atoms with Gasteiger partial charge in [-0.3, -0.25) is 0 Å². The molecule has 1 aromatic carbocycles. The van der Waals surface area contributed by atoms with E-state index in [2.05, 4.69) is 15.9 Å². The fourth-order valence-electron chi connectivity index (χ4n) is 1.38. The zero-order valence-electron chi connectivity index (χ0n) is 7.57. The summed E-state index contributed by atoms with van der Waals surface area (Å²) in [5.41, 5.74) is 1.04. The van der Waals surface area contributed by atoms with Crippen LogP contribution in [0.3, 0.4) is 0 Å². The fraction of sp³-hybridized carbons (Fsp3) is 0.400. The van der Waals surface area contributed by atoms with E-state index >= 15 is 0 Å². The normalized spacial score (nSPS) is 20.0. The van der Waals surface area contributed by atoms with Gasteiger partial charge >= 0.3 is 0 Å². The Balaban J connectivity index is 2.15. The summed E-state index contributed by atoms with van der Waals surface area (Å²) in [7, 11) is 0. The molecule has 2 rings (SSSR count). The molecule has 0 amide bonds. The average Bonchev–Trinajstić information content (AvgIpc) is 2.19. The van der Waals surface area contributed by atoms with E-state index in [1.54, 1.807) is 0 Å². The van der Waals surface area contributed by atoms with Crippen LogP contribution in [0.2, 0.25) is 0 Å². The van der Waals surface area contributed by atoms with Gasteiger partial charge in [0, 0.05) is 23.1 Å². The number of aliphatic hydroxyl groups is 1. The molecule has 1 aliphatic rings. The van der Waals surface area contributed by atoms with Crippen LogP contribution in [0.4, 0.5) is 0 Å². The highest BCUT2D eigenvalue weighted by Gasteiger charge is 2.19. The third-order valence-corrected chi connectivity index (χ3v) is 2.56. The van der Waals surface area contributed by atoms with Crippen molar-refractivity contribution in [2.45, 2.75) is 19.3 Å². The molecule has 0 bridgehead atoms. The van der Waals surface area contributed by atoms with Crippen molar-refractivity contribution in [2.24, 2.45) is 0 Å². The van der Waals surface area contributed by atoms with Gasteiger partial charge in [-0.15, -0.1) is 0 Å². The van der Waals surface area contributed by atoms with E-state index in [0.717, 1.165) is 15.8 Å². The number of rotatable bonds is 2. The van der Waals surface area contributed by atoms with Gasteiger partial charge in [-0.1, -0.05) is 15.9 Å². The molecule has 0 fully saturated rings. The maximum Gasteiger partial charge on any atom is 0.202 e. The molecule has 0 saturated heterocycles. The first kappa shape index (κ1) is 9.96. The van der Waals surface area contributed by atoms with E-state index in [0.29, 0.717) is 13.0 Å². The van der Waals surface area contributed by atoms with Gasteiger partial charge in [-0.05, 0) is 18.2 Å². The Bertz CT molecular complexity index is 327. The summed E-state index contributed by atoms with van der Waals surface area (Å²) in [4.78, 5) is 0. The van der Waals surface area contributed by atoms with Crippen LogP contribution in [-0.2, 0) is 11.3 Å². The Morgan fingerprint density at radius 1 is 1.50 bits per heavy atom. The Morgan fingerprint density at radius 3 is 3.14 bits per heavy atom. The van der Waals surface area contributed by atoms with Crippen LogP contribution in [0.5, 0.6) is 5.75 Å². The third kappa shape index (κ3) is 2.08. The first-order valence-corrected chi connectivity index (χ1v) is 5.26. The Morgan fingerprint density at radius 2 is 2.36 bits per heavy atom. The molecule has 1 heterocycles. The molecule has 0 aromatic heterocycles. The summed E-state index contributed by atoms with van der Waals surface area (Å²) < 4.78 is 11.9. The molecular formula is C10H11BrO3. The summed E-state index contributed by atoms with van der Waals surface area (Å²) in [6.07, 6.45) is 0.198. The number of hydrogen-bond donors (Lipinski definition) is 1. The van der Waals surface area contributed by atoms with Gasteiger partial charge in [-0.25, -0.2) is 0 Å². The van der Waals surface area contributed by atoms with Crippen molar-refractivity contribution in [3.8, 4) is 5.75 Å². The summed E-state index contributed by atoms with van der Waals surface area (Å²) in [5, 5.41) is 8.74. The topological polar surface area (TPSA) is 38.7 Å². The number of aliphatic hydroxyl groups excluding tert-OH is 1. The van der Waals surface area contributed by atoms with Gasteiger partial charge in [0.05, 0.1) is 6.61 Å². The van der Waals surface area contributed by atoms with Crippen LogP contribution in [0, 0.1) is 0 Å². The zero-order valence-corrected chi connectivity index (χ0v) is 9.16. The average molecular weight is 259 g/mol. The highest BCUT2D eigenvalue weighted by molar-refractivity contribution is 9.10. The first-order chi connectivity index (χ1) is 6.79. The molecule has 0 radical (unpaired) electrons. The predicted molar refractivity (Wildman–Crippen MR) is 55.0 cm³/mol. The summed E-state index contributed by atoms with van der Waals surface area (Å²) in [6.45, 7) is 0.621. The van der Waals surface area contributed by atoms with Gasteiger partial charge in [-0.2, -0.15) is 0 Å². The van der Waals surface area contributed by atoms with Crippen LogP contribution < -0.4 is 4.74 Å². The highest BCUT2D eigenvalue weighted by Crippen LogP contribution is 2.29. The monoisotopic (exact) mass is 258 g/mol. The van der Waals surface area contributed by atoms with Crippen molar-refractivity contribution < 1.29 is 14.6 Å². The smallest absolute Gasteiger partial charge is 0.202 e. The molecule has 1 aliphatic heterocycles. The minimum absolute atomic E-state index is 0.0799. The molecule has 14 heavy (non-hydrogen) atoms. The second-order valence-corrected chi connectivity index (χ2v) is 4.04. The lowest BCUT2D eigenvalue weighted by Crippen LogP contribution is -2.26. The van der Waals surface area contributed by atoms with Gasteiger partial charge in [0.15, 0.2) is 0 Å². The van der Waals surface area contributed by atoms with E-state index in [-0.39, 0.29) is 12.9 Å². The third-order valence-electron chi connectivity index (χ3n) is 2.07. The molecule has 76 valence electrons. The lowest BCUT2D eigenvalue weighted by Gasteiger charge is -2.25. The van der Waals surface area contributed by atoms with Crippen LogP contribution in [0.25, 0.3) is 0 Å². The second kappa shape index (κ2) is 4.29. The molecule has 1 atom stereocenters. The molecule has 3 nitrogen and oxygen atoms in total. The number of hydrogen-bond acceptors (Lipinski definition) is 3. The molecular weight excluding hydrogens is 248 g/mol. The van der Waals surface area contributed by atoms with Crippen molar-refractivity contribution in [1.82, 2.24) is 0 Å². The molecule has 0 saturated carbocycles. The quantitative estimate of drug-likeness (QED) is 0.883. The van der Waals surface area contributed by atoms with E-state index in [1.165, 1.54) is 0 Å². The number of ether oxygens (including phenoxy) is 2. The Kier molecular flexibility index (Phi) is 3.05. The van der Waals surface area contributed by atoms with E-state index in [4.69, 9.17) is 14.6 Å². The van der Waals surface area contributed by atoms with Gasteiger partial charge in [0.25, 0.3) is 0 Å². The van der Waals surface area contributed by atoms with E-state index in [1.807, 2.05) is 18.2 Å². The summed E-state index contributed by atoms with van der Waals surface area (Å²) >= 11 is 3.39. The Hall–Kier alpha value is -0.580. The standard InChI is InChI=1S/C10H11BrO3/c11-8-1-2-9-7(5-8)6-13-10(14-9)3-4-12/h1-2,5,10,12H,3-4,6H2. The zero-order chi connectivity index (χ0) is 9.97. The van der Waals surface area contributed by atoms with Crippen molar-refractivity contribution >= 4 is 15.9 Å². The minimum atomic E-state index is -0.311. The SMILES string of the molecule is OCCC1OCc2cc(Br)ccc2O1. The van der Waals surface area contributed by atoms with Crippen LogP contribution in [0.15, 0.2) is 22.7 Å². The van der Waals surface area contributed by atoms with Gasteiger partial charge < -0.3 is 14.6 Å². The van der Waals surface area contributed by atoms with Crippen molar-refractivity contribution in [1.29, 1.82) is 0 Å². The van der Waals surface area contributed by atoms with Crippen LogP contribution >= 0.6 is 15.9 Å². The van der Waals surface area contributed by atoms with Crippen molar-refractivity contribution in [2.75, 3.05) is 6.61 Å². The van der Waals surface area contributed by atoms with Crippen LogP contribution in [-0.4, -0.2) is 18.0 Å². The number of fused-ring (bicyclic) bond motifs is 1.